The Labute approximate surface area is 148 Å². The monoisotopic (exact) mass is 343 g/mol. The van der Waals surface area contributed by atoms with Crippen LogP contribution in [0.3, 0.4) is 0 Å². The second kappa shape index (κ2) is 6.75. The molecule has 1 atom stereocenters. The lowest BCUT2D eigenvalue weighted by atomic mass is 9.95. The first-order valence-electron chi connectivity index (χ1n) is 9.25. The summed E-state index contributed by atoms with van der Waals surface area (Å²) in [6.45, 7) is 5.34. The van der Waals surface area contributed by atoms with Crippen molar-refractivity contribution in [2.24, 2.45) is 5.92 Å². The van der Waals surface area contributed by atoms with Crippen LogP contribution in [0.15, 0.2) is 12.3 Å². The van der Waals surface area contributed by atoms with E-state index in [0.29, 0.717) is 32.8 Å². The molecule has 3 aliphatic heterocycles. The summed E-state index contributed by atoms with van der Waals surface area (Å²) < 4.78 is 5.50. The highest BCUT2D eigenvalue weighted by molar-refractivity contribution is 5.82. The van der Waals surface area contributed by atoms with E-state index in [0.717, 1.165) is 36.9 Å². The third-order valence-corrected chi connectivity index (χ3v) is 5.61. The molecule has 0 N–H and O–H groups in total. The van der Waals surface area contributed by atoms with Crippen LogP contribution in [0.4, 0.5) is 0 Å². The smallest absolute Gasteiger partial charge is 0.251 e. The Kier molecular flexibility index (Phi) is 4.46. The van der Waals surface area contributed by atoms with Gasteiger partial charge in [0.2, 0.25) is 5.91 Å². The number of carbonyl (C=O) groups is 2. The lowest BCUT2D eigenvalue weighted by Gasteiger charge is -2.34. The summed E-state index contributed by atoms with van der Waals surface area (Å²) in [5.41, 5.74) is 3.37. The van der Waals surface area contributed by atoms with E-state index in [1.54, 1.807) is 0 Å². The number of aryl methyl sites for hydroxylation is 1. The Hall–Kier alpha value is -1.95. The summed E-state index contributed by atoms with van der Waals surface area (Å²) in [6.07, 6.45) is 4.94. The number of fused-ring (bicyclic) bond motifs is 1. The standard InChI is InChI=1S/C19H25N3O3/c1-13-9-15-11-22(12-16(15)10-20-13)18(23)14-4-6-21(7-5-14)19(24)17-3-2-8-25-17/h9-10,14,17H,2-8,11-12H2,1H3/t17-/m0/s1. The summed E-state index contributed by atoms with van der Waals surface area (Å²) >= 11 is 0. The molecule has 4 heterocycles. The van der Waals surface area contributed by atoms with Gasteiger partial charge in [0.05, 0.1) is 0 Å². The number of hydrogen-bond donors (Lipinski definition) is 0. The molecule has 25 heavy (non-hydrogen) atoms. The third kappa shape index (κ3) is 3.27. The van der Waals surface area contributed by atoms with Crippen molar-refractivity contribution in [2.75, 3.05) is 19.7 Å². The fourth-order valence-corrected chi connectivity index (χ4v) is 4.14. The number of pyridine rings is 1. The largest absolute Gasteiger partial charge is 0.368 e. The van der Waals surface area contributed by atoms with Crippen molar-refractivity contribution in [3.8, 4) is 0 Å². The van der Waals surface area contributed by atoms with Gasteiger partial charge in [-0.25, -0.2) is 0 Å². The molecule has 6 heteroatoms. The summed E-state index contributed by atoms with van der Waals surface area (Å²) in [6, 6.07) is 2.07. The van der Waals surface area contributed by atoms with Crippen LogP contribution in [-0.4, -0.2) is 52.4 Å². The predicted molar refractivity (Wildman–Crippen MR) is 91.5 cm³/mol. The van der Waals surface area contributed by atoms with Crippen LogP contribution >= 0.6 is 0 Å². The zero-order chi connectivity index (χ0) is 17.4. The van der Waals surface area contributed by atoms with Gasteiger partial charge in [0.25, 0.3) is 5.91 Å². The van der Waals surface area contributed by atoms with Crippen molar-refractivity contribution >= 4 is 11.8 Å². The molecule has 0 radical (unpaired) electrons. The molecule has 1 aromatic heterocycles. The minimum atomic E-state index is -0.254. The summed E-state index contributed by atoms with van der Waals surface area (Å²) in [4.78, 5) is 33.4. The van der Waals surface area contributed by atoms with Crippen LogP contribution in [-0.2, 0) is 27.4 Å². The highest BCUT2D eigenvalue weighted by atomic mass is 16.5. The van der Waals surface area contributed by atoms with Gasteiger partial charge < -0.3 is 14.5 Å². The number of aromatic nitrogens is 1. The number of piperidine rings is 1. The molecule has 0 unspecified atom stereocenters. The second-order valence-electron chi connectivity index (χ2n) is 7.39. The molecule has 0 aliphatic carbocycles. The molecule has 6 nitrogen and oxygen atoms in total. The molecule has 1 aromatic rings. The minimum absolute atomic E-state index is 0.0249. The molecule has 0 aromatic carbocycles. The normalized spacial score (nSPS) is 23.8. The van der Waals surface area contributed by atoms with E-state index >= 15 is 0 Å². The first kappa shape index (κ1) is 16.5. The van der Waals surface area contributed by atoms with Crippen molar-refractivity contribution in [1.29, 1.82) is 0 Å². The maximum Gasteiger partial charge on any atom is 0.251 e. The van der Waals surface area contributed by atoms with Gasteiger partial charge >= 0.3 is 0 Å². The van der Waals surface area contributed by atoms with E-state index < -0.39 is 0 Å². The zero-order valence-electron chi connectivity index (χ0n) is 14.7. The lowest BCUT2D eigenvalue weighted by Crippen LogP contribution is -2.46. The van der Waals surface area contributed by atoms with Gasteiger partial charge in [-0.05, 0) is 49.8 Å². The maximum absolute atomic E-state index is 12.9. The number of likely N-dealkylation sites (tertiary alicyclic amines) is 1. The van der Waals surface area contributed by atoms with Crippen LogP contribution < -0.4 is 0 Å². The molecule has 2 saturated heterocycles. The van der Waals surface area contributed by atoms with Crippen molar-refractivity contribution < 1.29 is 14.3 Å². The third-order valence-electron chi connectivity index (χ3n) is 5.61. The Bertz CT molecular complexity index is 676. The van der Waals surface area contributed by atoms with Gasteiger partial charge in [0, 0.05) is 50.6 Å². The Morgan fingerprint density at radius 1 is 1.08 bits per heavy atom. The number of carbonyl (C=O) groups excluding carboxylic acids is 2. The summed E-state index contributed by atoms with van der Waals surface area (Å²) in [5, 5.41) is 0. The van der Waals surface area contributed by atoms with Gasteiger partial charge in [-0.3, -0.25) is 14.6 Å². The Morgan fingerprint density at radius 3 is 2.56 bits per heavy atom. The highest BCUT2D eigenvalue weighted by Gasteiger charge is 2.35. The molecule has 3 aliphatic rings. The van der Waals surface area contributed by atoms with Crippen molar-refractivity contribution in [2.45, 2.75) is 51.8 Å². The molecule has 2 amide bonds. The van der Waals surface area contributed by atoms with Crippen LogP contribution in [0.1, 0.15) is 42.5 Å². The van der Waals surface area contributed by atoms with Crippen LogP contribution in [0.5, 0.6) is 0 Å². The average Bonchev–Trinajstić information content (AvgIpc) is 3.30. The second-order valence-corrected chi connectivity index (χ2v) is 7.39. The van der Waals surface area contributed by atoms with Gasteiger partial charge in [0.1, 0.15) is 6.10 Å². The van der Waals surface area contributed by atoms with E-state index in [4.69, 9.17) is 4.74 Å². The zero-order valence-corrected chi connectivity index (χ0v) is 14.7. The maximum atomic E-state index is 12.9. The van der Waals surface area contributed by atoms with E-state index in [1.807, 2.05) is 22.9 Å². The van der Waals surface area contributed by atoms with Crippen molar-refractivity contribution in [3.63, 3.8) is 0 Å². The van der Waals surface area contributed by atoms with Crippen LogP contribution in [0.25, 0.3) is 0 Å². The van der Waals surface area contributed by atoms with Crippen molar-refractivity contribution in [3.05, 3.63) is 29.1 Å². The van der Waals surface area contributed by atoms with Gasteiger partial charge in [-0.15, -0.1) is 0 Å². The van der Waals surface area contributed by atoms with Crippen LogP contribution in [0, 0.1) is 12.8 Å². The molecular formula is C19H25N3O3. The molecule has 0 saturated carbocycles. The van der Waals surface area contributed by atoms with Crippen molar-refractivity contribution in [1.82, 2.24) is 14.8 Å². The Balaban J connectivity index is 1.32. The summed E-state index contributed by atoms with van der Waals surface area (Å²) in [5.74, 6) is 0.355. The molecule has 0 spiro atoms. The summed E-state index contributed by atoms with van der Waals surface area (Å²) in [7, 11) is 0. The first-order chi connectivity index (χ1) is 12.1. The minimum Gasteiger partial charge on any atom is -0.368 e. The van der Waals surface area contributed by atoms with E-state index in [-0.39, 0.29) is 23.8 Å². The fraction of sp³-hybridized carbons (Fsp3) is 0.632. The molecule has 134 valence electrons. The SMILES string of the molecule is Cc1cc2c(cn1)CN(C(=O)C1CCN(C(=O)[C@@H]3CCCO3)CC1)C2. The molecular weight excluding hydrogens is 318 g/mol. The van der Waals surface area contributed by atoms with Gasteiger partial charge in [0.15, 0.2) is 0 Å². The first-order valence-corrected chi connectivity index (χ1v) is 9.25. The molecule has 2 fully saturated rings. The Morgan fingerprint density at radius 2 is 1.84 bits per heavy atom. The number of ether oxygens (including phenoxy) is 1. The lowest BCUT2D eigenvalue weighted by molar-refractivity contribution is -0.146. The fourth-order valence-electron chi connectivity index (χ4n) is 4.14. The van der Waals surface area contributed by atoms with E-state index in [2.05, 4.69) is 11.1 Å². The topological polar surface area (TPSA) is 62.7 Å². The molecule has 4 rings (SSSR count). The molecule has 0 bridgehead atoms. The highest BCUT2D eigenvalue weighted by Crippen LogP contribution is 2.28. The van der Waals surface area contributed by atoms with Crippen LogP contribution in [0.2, 0.25) is 0 Å². The number of nitrogens with zero attached hydrogens (tertiary/aromatic N) is 3. The number of amides is 2. The van der Waals surface area contributed by atoms with E-state index in [9.17, 15) is 9.59 Å². The average molecular weight is 343 g/mol. The van der Waals surface area contributed by atoms with Gasteiger partial charge in [-0.2, -0.15) is 0 Å². The van der Waals surface area contributed by atoms with Gasteiger partial charge in [-0.1, -0.05) is 0 Å². The number of hydrogen-bond acceptors (Lipinski definition) is 4. The predicted octanol–water partition coefficient (Wildman–Crippen LogP) is 1.65. The quantitative estimate of drug-likeness (QED) is 0.819. The van der Waals surface area contributed by atoms with E-state index in [1.165, 1.54) is 5.56 Å². The number of rotatable bonds is 2.